The Morgan fingerprint density at radius 1 is 1.54 bits per heavy atom. The van der Waals surface area contributed by atoms with Crippen LogP contribution in [-0.2, 0) is 0 Å². The van der Waals surface area contributed by atoms with E-state index in [4.69, 9.17) is 0 Å². The number of rotatable bonds is 1. The van der Waals surface area contributed by atoms with Crippen LogP contribution in [-0.4, -0.2) is 14.3 Å². The van der Waals surface area contributed by atoms with Crippen LogP contribution in [0.4, 0.5) is 0 Å². The smallest absolute Gasteiger partial charge is 0.312 e. The SMILES string of the molecule is Cc1cc(-c2cnc(=O)[nH]c2)sn1. The molecule has 0 aliphatic carbocycles. The van der Waals surface area contributed by atoms with Crippen molar-refractivity contribution < 1.29 is 0 Å². The van der Waals surface area contributed by atoms with E-state index in [2.05, 4.69) is 14.3 Å². The molecule has 2 aromatic rings. The summed E-state index contributed by atoms with van der Waals surface area (Å²) in [6.45, 7) is 1.93. The van der Waals surface area contributed by atoms with E-state index < -0.39 is 0 Å². The number of aromatic amines is 1. The molecule has 5 heteroatoms. The van der Waals surface area contributed by atoms with Gasteiger partial charge in [-0.2, -0.15) is 4.37 Å². The summed E-state index contributed by atoms with van der Waals surface area (Å²) in [6.07, 6.45) is 3.19. The van der Waals surface area contributed by atoms with E-state index in [9.17, 15) is 4.79 Å². The second-order valence-corrected chi connectivity index (χ2v) is 3.44. The van der Waals surface area contributed by atoms with Crippen molar-refractivity contribution in [3.63, 3.8) is 0 Å². The molecule has 0 aromatic carbocycles. The van der Waals surface area contributed by atoms with Crippen molar-refractivity contribution in [2.75, 3.05) is 0 Å². The Balaban J connectivity index is 2.47. The Hall–Kier alpha value is -1.49. The van der Waals surface area contributed by atoms with E-state index >= 15 is 0 Å². The molecule has 13 heavy (non-hydrogen) atoms. The van der Waals surface area contributed by atoms with Crippen LogP contribution in [0, 0.1) is 6.92 Å². The van der Waals surface area contributed by atoms with Crippen LogP contribution in [0.1, 0.15) is 5.69 Å². The lowest BCUT2D eigenvalue weighted by Gasteiger charge is -1.91. The molecule has 66 valence electrons. The Bertz CT molecular complexity index is 454. The number of H-pyrrole nitrogens is 1. The third kappa shape index (κ3) is 1.65. The van der Waals surface area contributed by atoms with Crippen molar-refractivity contribution in [2.45, 2.75) is 6.92 Å². The van der Waals surface area contributed by atoms with Gasteiger partial charge < -0.3 is 4.98 Å². The first-order chi connectivity index (χ1) is 6.25. The summed E-state index contributed by atoms with van der Waals surface area (Å²) in [4.78, 5) is 17.8. The quantitative estimate of drug-likeness (QED) is 0.740. The summed E-state index contributed by atoms with van der Waals surface area (Å²) in [7, 11) is 0. The summed E-state index contributed by atoms with van der Waals surface area (Å²) in [5, 5.41) is 0. The van der Waals surface area contributed by atoms with Gasteiger partial charge in [-0.3, -0.25) is 0 Å². The van der Waals surface area contributed by atoms with E-state index in [0.717, 1.165) is 16.1 Å². The number of aryl methyl sites for hydroxylation is 1. The lowest BCUT2D eigenvalue weighted by molar-refractivity contribution is 1.08. The maximum Gasteiger partial charge on any atom is 0.344 e. The highest BCUT2D eigenvalue weighted by Crippen LogP contribution is 2.21. The lowest BCUT2D eigenvalue weighted by Crippen LogP contribution is -2.07. The molecule has 0 saturated carbocycles. The van der Waals surface area contributed by atoms with Gasteiger partial charge in [-0.05, 0) is 24.5 Å². The van der Waals surface area contributed by atoms with Gasteiger partial charge in [0.1, 0.15) is 0 Å². The third-order valence-corrected chi connectivity index (χ3v) is 2.51. The van der Waals surface area contributed by atoms with Gasteiger partial charge in [-0.1, -0.05) is 0 Å². The molecule has 2 heterocycles. The Kier molecular flexibility index (Phi) is 1.94. The second kappa shape index (κ2) is 3.10. The normalized spacial score (nSPS) is 10.2. The van der Waals surface area contributed by atoms with Crippen LogP contribution in [0.15, 0.2) is 23.3 Å². The number of nitrogens with zero attached hydrogens (tertiary/aromatic N) is 2. The zero-order chi connectivity index (χ0) is 9.26. The molecule has 0 fully saturated rings. The Morgan fingerprint density at radius 3 is 2.92 bits per heavy atom. The number of hydrogen-bond donors (Lipinski definition) is 1. The summed E-state index contributed by atoms with van der Waals surface area (Å²) in [6, 6.07) is 1.96. The minimum absolute atomic E-state index is 0.329. The number of nitrogens with one attached hydrogen (secondary N) is 1. The van der Waals surface area contributed by atoms with Gasteiger partial charge in [0.2, 0.25) is 0 Å². The molecule has 4 nitrogen and oxygen atoms in total. The molecule has 0 atom stereocenters. The van der Waals surface area contributed by atoms with Crippen LogP contribution >= 0.6 is 11.5 Å². The maximum atomic E-state index is 10.7. The maximum absolute atomic E-state index is 10.7. The molecule has 0 unspecified atom stereocenters. The molecular formula is C8H7N3OS. The van der Waals surface area contributed by atoms with Gasteiger partial charge in [0, 0.05) is 18.0 Å². The fourth-order valence-electron chi connectivity index (χ4n) is 0.977. The van der Waals surface area contributed by atoms with E-state index in [1.54, 1.807) is 12.4 Å². The van der Waals surface area contributed by atoms with Gasteiger partial charge in [0.05, 0.1) is 10.6 Å². The molecule has 0 radical (unpaired) electrons. The summed E-state index contributed by atoms with van der Waals surface area (Å²) >= 11 is 1.40. The van der Waals surface area contributed by atoms with Gasteiger partial charge in [0.15, 0.2) is 0 Å². The van der Waals surface area contributed by atoms with Gasteiger partial charge >= 0.3 is 5.69 Å². The highest BCUT2D eigenvalue weighted by atomic mass is 32.1. The van der Waals surface area contributed by atoms with Gasteiger partial charge in [-0.25, -0.2) is 9.78 Å². The van der Waals surface area contributed by atoms with Gasteiger partial charge in [0.25, 0.3) is 0 Å². The average molecular weight is 193 g/mol. The van der Waals surface area contributed by atoms with E-state index in [-0.39, 0.29) is 5.69 Å². The van der Waals surface area contributed by atoms with Crippen LogP contribution in [0.5, 0.6) is 0 Å². The summed E-state index contributed by atoms with van der Waals surface area (Å²) in [5.41, 5.74) is 1.54. The van der Waals surface area contributed by atoms with Crippen LogP contribution in [0.2, 0.25) is 0 Å². The number of aromatic nitrogens is 3. The van der Waals surface area contributed by atoms with E-state index in [0.29, 0.717) is 0 Å². The zero-order valence-corrected chi connectivity index (χ0v) is 7.76. The highest BCUT2D eigenvalue weighted by Gasteiger charge is 2.01. The van der Waals surface area contributed by atoms with Crippen molar-refractivity contribution >= 4 is 11.5 Å². The van der Waals surface area contributed by atoms with Gasteiger partial charge in [-0.15, -0.1) is 0 Å². The molecular weight excluding hydrogens is 186 g/mol. The monoisotopic (exact) mass is 193 g/mol. The molecule has 1 N–H and O–H groups in total. The molecule has 2 rings (SSSR count). The summed E-state index contributed by atoms with van der Waals surface area (Å²) in [5.74, 6) is 0. The first-order valence-electron chi connectivity index (χ1n) is 3.74. The molecule has 0 saturated heterocycles. The third-order valence-electron chi connectivity index (χ3n) is 1.58. The van der Waals surface area contributed by atoms with E-state index in [1.807, 2.05) is 13.0 Å². The second-order valence-electron chi connectivity index (χ2n) is 2.64. The van der Waals surface area contributed by atoms with Crippen LogP contribution in [0.25, 0.3) is 10.4 Å². The van der Waals surface area contributed by atoms with E-state index in [1.165, 1.54) is 11.5 Å². The van der Waals surface area contributed by atoms with Crippen molar-refractivity contribution in [1.29, 1.82) is 0 Å². The standard InChI is InChI=1S/C8H7N3OS/c1-5-2-7(13-11-5)6-3-9-8(12)10-4-6/h2-4H,1H3,(H,9,10,12). The van der Waals surface area contributed by atoms with Crippen LogP contribution in [0.3, 0.4) is 0 Å². The molecule has 2 aromatic heterocycles. The predicted octanol–water partition coefficient (Wildman–Crippen LogP) is 1.20. The van der Waals surface area contributed by atoms with Crippen LogP contribution < -0.4 is 5.69 Å². The average Bonchev–Trinajstić information content (AvgIpc) is 2.53. The van der Waals surface area contributed by atoms with Crippen molar-refractivity contribution in [3.8, 4) is 10.4 Å². The summed E-state index contributed by atoms with van der Waals surface area (Å²) < 4.78 is 4.14. The first kappa shape index (κ1) is 8.12. The van der Waals surface area contributed by atoms with Crippen molar-refractivity contribution in [1.82, 2.24) is 14.3 Å². The Morgan fingerprint density at radius 2 is 2.38 bits per heavy atom. The van der Waals surface area contributed by atoms with Crippen molar-refractivity contribution in [3.05, 3.63) is 34.6 Å². The highest BCUT2D eigenvalue weighted by molar-refractivity contribution is 7.09. The molecule has 0 bridgehead atoms. The van der Waals surface area contributed by atoms with Crippen molar-refractivity contribution in [2.24, 2.45) is 0 Å². The molecule has 0 aliphatic heterocycles. The molecule has 0 aliphatic rings. The fourth-order valence-corrected chi connectivity index (χ4v) is 1.71. The largest absolute Gasteiger partial charge is 0.344 e. The lowest BCUT2D eigenvalue weighted by atomic mass is 10.3. The zero-order valence-electron chi connectivity index (χ0n) is 6.94. The number of hydrogen-bond acceptors (Lipinski definition) is 4. The molecule has 0 amide bonds. The minimum atomic E-state index is -0.329. The fraction of sp³-hybridized carbons (Fsp3) is 0.125. The Labute approximate surface area is 78.5 Å². The first-order valence-corrected chi connectivity index (χ1v) is 4.51. The minimum Gasteiger partial charge on any atom is -0.312 e. The topological polar surface area (TPSA) is 58.6 Å². The predicted molar refractivity (Wildman–Crippen MR) is 50.7 cm³/mol. The molecule has 0 spiro atoms.